The van der Waals surface area contributed by atoms with E-state index in [1.165, 1.54) is 6.07 Å². The van der Waals surface area contributed by atoms with Crippen LogP contribution in [0, 0.1) is 5.82 Å². The predicted molar refractivity (Wildman–Crippen MR) is 100 cm³/mol. The van der Waals surface area contributed by atoms with Crippen molar-refractivity contribution in [2.75, 3.05) is 25.0 Å². The number of hydrogen-bond donors (Lipinski definition) is 2. The van der Waals surface area contributed by atoms with E-state index in [1.54, 1.807) is 42.5 Å². The standard InChI is InChI=1S/C20H22FN3O3/c21-17-3-1-2-4-18(17)27-16-9-11-24(12-10-16)13-19(25)23-15-7-5-14(6-8-15)20(22)26/h1-8,16H,9-13H2,(H2,22,26)(H,23,25). The first-order valence-electron chi connectivity index (χ1n) is 8.84. The molecule has 1 aliphatic rings. The van der Waals surface area contributed by atoms with Crippen molar-refractivity contribution in [3.63, 3.8) is 0 Å². The molecule has 1 aliphatic heterocycles. The first-order chi connectivity index (χ1) is 13.0. The molecule has 0 radical (unpaired) electrons. The fraction of sp³-hybridized carbons (Fsp3) is 0.300. The number of nitrogens with zero attached hydrogens (tertiary/aromatic N) is 1. The highest BCUT2D eigenvalue weighted by atomic mass is 19.1. The van der Waals surface area contributed by atoms with Crippen LogP contribution in [0.3, 0.4) is 0 Å². The third-order valence-electron chi connectivity index (χ3n) is 4.49. The van der Waals surface area contributed by atoms with Crippen molar-refractivity contribution in [3.8, 4) is 5.75 Å². The summed E-state index contributed by atoms with van der Waals surface area (Å²) in [6.07, 6.45) is 1.41. The van der Waals surface area contributed by atoms with Crippen molar-refractivity contribution in [2.45, 2.75) is 18.9 Å². The number of likely N-dealkylation sites (tertiary alicyclic amines) is 1. The smallest absolute Gasteiger partial charge is 0.248 e. The summed E-state index contributed by atoms with van der Waals surface area (Å²) in [4.78, 5) is 25.3. The number of primary amides is 1. The summed E-state index contributed by atoms with van der Waals surface area (Å²) in [5, 5.41) is 2.80. The lowest BCUT2D eigenvalue weighted by atomic mass is 10.1. The Balaban J connectivity index is 1.44. The molecule has 0 spiro atoms. The summed E-state index contributed by atoms with van der Waals surface area (Å²) in [5.41, 5.74) is 6.20. The van der Waals surface area contributed by atoms with Crippen LogP contribution in [0.25, 0.3) is 0 Å². The number of anilines is 1. The minimum Gasteiger partial charge on any atom is -0.487 e. The SMILES string of the molecule is NC(=O)c1ccc(NC(=O)CN2CCC(Oc3ccccc3F)CC2)cc1. The summed E-state index contributed by atoms with van der Waals surface area (Å²) in [6, 6.07) is 12.8. The van der Waals surface area contributed by atoms with Crippen molar-refractivity contribution in [3.05, 3.63) is 59.9 Å². The molecule has 0 saturated carbocycles. The van der Waals surface area contributed by atoms with Gasteiger partial charge in [0.2, 0.25) is 11.8 Å². The van der Waals surface area contributed by atoms with Crippen molar-refractivity contribution in [1.29, 1.82) is 0 Å². The Hall–Kier alpha value is -2.93. The summed E-state index contributed by atoms with van der Waals surface area (Å²) >= 11 is 0. The number of ether oxygens (including phenoxy) is 1. The second-order valence-corrected chi connectivity index (χ2v) is 6.51. The molecule has 27 heavy (non-hydrogen) atoms. The quantitative estimate of drug-likeness (QED) is 0.817. The summed E-state index contributed by atoms with van der Waals surface area (Å²) < 4.78 is 19.4. The van der Waals surface area contributed by atoms with Gasteiger partial charge in [-0.3, -0.25) is 14.5 Å². The van der Waals surface area contributed by atoms with Crippen LogP contribution >= 0.6 is 0 Å². The van der Waals surface area contributed by atoms with Gasteiger partial charge in [0, 0.05) is 24.3 Å². The maximum atomic E-state index is 13.7. The van der Waals surface area contributed by atoms with Gasteiger partial charge in [0.15, 0.2) is 11.6 Å². The van der Waals surface area contributed by atoms with Gasteiger partial charge in [-0.2, -0.15) is 0 Å². The molecule has 0 bridgehead atoms. The second kappa shape index (κ2) is 8.64. The van der Waals surface area contributed by atoms with E-state index in [9.17, 15) is 14.0 Å². The number of amides is 2. The Morgan fingerprint density at radius 1 is 1.11 bits per heavy atom. The highest BCUT2D eigenvalue weighted by molar-refractivity contribution is 5.95. The predicted octanol–water partition coefficient (Wildman–Crippen LogP) is 2.41. The lowest BCUT2D eigenvalue weighted by Crippen LogP contribution is -2.42. The molecule has 7 heteroatoms. The topological polar surface area (TPSA) is 84.7 Å². The van der Waals surface area contributed by atoms with Crippen LogP contribution in [0.4, 0.5) is 10.1 Å². The van der Waals surface area contributed by atoms with E-state index in [-0.39, 0.29) is 30.1 Å². The van der Waals surface area contributed by atoms with E-state index in [4.69, 9.17) is 10.5 Å². The number of nitrogens with one attached hydrogen (secondary N) is 1. The molecule has 0 atom stereocenters. The number of carbonyl (C=O) groups excluding carboxylic acids is 2. The third-order valence-corrected chi connectivity index (χ3v) is 4.49. The van der Waals surface area contributed by atoms with E-state index in [1.807, 2.05) is 4.90 Å². The highest BCUT2D eigenvalue weighted by Crippen LogP contribution is 2.21. The molecule has 2 aromatic carbocycles. The molecule has 2 aromatic rings. The van der Waals surface area contributed by atoms with Gasteiger partial charge in [-0.05, 0) is 49.2 Å². The fourth-order valence-electron chi connectivity index (χ4n) is 3.03. The van der Waals surface area contributed by atoms with Gasteiger partial charge in [-0.25, -0.2) is 4.39 Å². The number of piperidine rings is 1. The van der Waals surface area contributed by atoms with Crippen LogP contribution in [-0.4, -0.2) is 42.5 Å². The molecule has 142 valence electrons. The van der Waals surface area contributed by atoms with Crippen molar-refractivity contribution in [2.24, 2.45) is 5.73 Å². The van der Waals surface area contributed by atoms with Gasteiger partial charge < -0.3 is 15.8 Å². The van der Waals surface area contributed by atoms with Gasteiger partial charge in [0.05, 0.1) is 6.54 Å². The molecule has 0 aliphatic carbocycles. The number of hydrogen-bond acceptors (Lipinski definition) is 4. The van der Waals surface area contributed by atoms with Gasteiger partial charge >= 0.3 is 0 Å². The van der Waals surface area contributed by atoms with E-state index in [0.29, 0.717) is 24.3 Å². The van der Waals surface area contributed by atoms with Crippen LogP contribution < -0.4 is 15.8 Å². The van der Waals surface area contributed by atoms with Crippen LogP contribution in [0.1, 0.15) is 23.2 Å². The average molecular weight is 371 g/mol. The highest BCUT2D eigenvalue weighted by Gasteiger charge is 2.22. The normalized spacial score (nSPS) is 15.3. The van der Waals surface area contributed by atoms with E-state index < -0.39 is 5.91 Å². The molecule has 3 rings (SSSR count). The zero-order valence-corrected chi connectivity index (χ0v) is 14.9. The minimum atomic E-state index is -0.506. The monoisotopic (exact) mass is 371 g/mol. The Morgan fingerprint density at radius 2 is 1.78 bits per heavy atom. The largest absolute Gasteiger partial charge is 0.487 e. The number of carbonyl (C=O) groups is 2. The fourth-order valence-corrected chi connectivity index (χ4v) is 3.03. The summed E-state index contributed by atoms with van der Waals surface area (Å²) in [6.45, 7) is 1.67. The van der Waals surface area contributed by atoms with Gasteiger partial charge in [-0.15, -0.1) is 0 Å². The molecule has 2 amide bonds. The Kier molecular flexibility index (Phi) is 6.03. The maximum Gasteiger partial charge on any atom is 0.248 e. The number of nitrogens with two attached hydrogens (primary N) is 1. The van der Waals surface area contributed by atoms with Gasteiger partial charge in [0.1, 0.15) is 6.10 Å². The molecule has 1 heterocycles. The van der Waals surface area contributed by atoms with Crippen molar-refractivity contribution < 1.29 is 18.7 Å². The third kappa shape index (κ3) is 5.27. The van der Waals surface area contributed by atoms with Crippen molar-refractivity contribution in [1.82, 2.24) is 4.90 Å². The van der Waals surface area contributed by atoms with E-state index in [0.717, 1.165) is 12.8 Å². The molecule has 0 unspecified atom stereocenters. The van der Waals surface area contributed by atoms with E-state index >= 15 is 0 Å². The summed E-state index contributed by atoms with van der Waals surface area (Å²) in [7, 11) is 0. The molecular formula is C20H22FN3O3. The number of halogens is 1. The molecular weight excluding hydrogens is 349 g/mol. The van der Waals surface area contributed by atoms with E-state index in [2.05, 4.69) is 5.32 Å². The number of rotatable bonds is 6. The van der Waals surface area contributed by atoms with Gasteiger partial charge in [0.25, 0.3) is 0 Å². The molecule has 3 N–H and O–H groups in total. The second-order valence-electron chi connectivity index (χ2n) is 6.51. The van der Waals surface area contributed by atoms with Gasteiger partial charge in [-0.1, -0.05) is 12.1 Å². The zero-order valence-electron chi connectivity index (χ0n) is 14.9. The van der Waals surface area contributed by atoms with Crippen LogP contribution in [0.5, 0.6) is 5.75 Å². The molecule has 6 nitrogen and oxygen atoms in total. The number of benzene rings is 2. The summed E-state index contributed by atoms with van der Waals surface area (Å²) in [5.74, 6) is -0.724. The van der Waals surface area contributed by atoms with Crippen molar-refractivity contribution >= 4 is 17.5 Å². The lowest BCUT2D eigenvalue weighted by Gasteiger charge is -2.31. The number of para-hydroxylation sites is 1. The average Bonchev–Trinajstić information content (AvgIpc) is 2.65. The zero-order chi connectivity index (χ0) is 19.2. The minimum absolute atomic E-state index is 0.0532. The Labute approximate surface area is 157 Å². The molecule has 1 saturated heterocycles. The molecule has 0 aromatic heterocycles. The van der Waals surface area contributed by atoms with Crippen LogP contribution in [0.2, 0.25) is 0 Å². The van der Waals surface area contributed by atoms with Crippen LogP contribution in [-0.2, 0) is 4.79 Å². The first-order valence-corrected chi connectivity index (χ1v) is 8.84. The Bertz CT molecular complexity index is 802. The van der Waals surface area contributed by atoms with Crippen LogP contribution in [0.15, 0.2) is 48.5 Å². The first kappa shape index (κ1) is 18.8. The Morgan fingerprint density at radius 3 is 2.41 bits per heavy atom. The molecule has 1 fully saturated rings. The lowest BCUT2D eigenvalue weighted by molar-refractivity contribution is -0.117. The maximum absolute atomic E-state index is 13.7.